The molecule has 0 aliphatic rings. The summed E-state index contributed by atoms with van der Waals surface area (Å²) in [7, 11) is -3.83. The molecule has 1 aromatic heterocycles. The zero-order chi connectivity index (χ0) is 16.9. The molecule has 0 fully saturated rings. The molecule has 5 heteroatoms. The second kappa shape index (κ2) is 5.11. The fourth-order valence-electron chi connectivity index (χ4n) is 3.03. The molecular formula is C19H15NO3S. The van der Waals surface area contributed by atoms with Crippen molar-refractivity contribution >= 4 is 31.8 Å². The molecule has 0 saturated carbocycles. The summed E-state index contributed by atoms with van der Waals surface area (Å²) < 4.78 is 27.7. The SMILES string of the molecule is Cc1ccc(S(=O)(=O)n2c3ccccc3c3cccc(O)c32)cc1. The number of hydrogen-bond acceptors (Lipinski definition) is 3. The molecular weight excluding hydrogens is 322 g/mol. The number of hydrogen-bond donors (Lipinski definition) is 1. The number of phenols is 1. The molecule has 1 heterocycles. The van der Waals surface area contributed by atoms with Crippen LogP contribution in [0.2, 0.25) is 0 Å². The normalized spacial score (nSPS) is 12.0. The van der Waals surface area contributed by atoms with Crippen LogP contribution in [0.15, 0.2) is 71.6 Å². The first-order chi connectivity index (χ1) is 11.5. The molecule has 4 nitrogen and oxygen atoms in total. The van der Waals surface area contributed by atoms with Crippen LogP contribution in [0.3, 0.4) is 0 Å². The van der Waals surface area contributed by atoms with Crippen LogP contribution in [-0.2, 0) is 10.0 Å². The van der Waals surface area contributed by atoms with Gasteiger partial charge in [-0.05, 0) is 31.2 Å². The number of aromatic nitrogens is 1. The van der Waals surface area contributed by atoms with Crippen LogP contribution in [0.25, 0.3) is 21.8 Å². The summed E-state index contributed by atoms with van der Waals surface area (Å²) in [6, 6.07) is 19.0. The molecule has 0 aliphatic carbocycles. The summed E-state index contributed by atoms with van der Waals surface area (Å²) in [6.45, 7) is 1.91. The number of para-hydroxylation sites is 2. The van der Waals surface area contributed by atoms with Crippen LogP contribution in [0, 0.1) is 6.92 Å². The van der Waals surface area contributed by atoms with Gasteiger partial charge in [0.05, 0.1) is 10.4 Å². The Balaban J connectivity index is 2.17. The van der Waals surface area contributed by atoms with E-state index in [0.717, 1.165) is 10.9 Å². The predicted molar refractivity (Wildman–Crippen MR) is 94.9 cm³/mol. The largest absolute Gasteiger partial charge is 0.506 e. The van der Waals surface area contributed by atoms with Crippen molar-refractivity contribution < 1.29 is 13.5 Å². The van der Waals surface area contributed by atoms with E-state index < -0.39 is 10.0 Å². The lowest BCUT2D eigenvalue weighted by Crippen LogP contribution is -2.12. The van der Waals surface area contributed by atoms with Crippen molar-refractivity contribution in [3.8, 4) is 5.75 Å². The third kappa shape index (κ3) is 2.02. The van der Waals surface area contributed by atoms with Gasteiger partial charge < -0.3 is 5.11 Å². The van der Waals surface area contributed by atoms with Gasteiger partial charge in [0.2, 0.25) is 0 Å². The van der Waals surface area contributed by atoms with Crippen LogP contribution >= 0.6 is 0 Å². The van der Waals surface area contributed by atoms with Gasteiger partial charge in [-0.2, -0.15) is 0 Å². The minimum atomic E-state index is -3.83. The third-order valence-corrected chi connectivity index (χ3v) is 5.92. The van der Waals surface area contributed by atoms with Gasteiger partial charge in [0.15, 0.2) is 0 Å². The van der Waals surface area contributed by atoms with Gasteiger partial charge in [-0.1, -0.05) is 48.0 Å². The lowest BCUT2D eigenvalue weighted by atomic mass is 10.1. The molecule has 0 saturated heterocycles. The molecule has 1 N–H and O–H groups in total. The Morgan fingerprint density at radius 3 is 2.25 bits per heavy atom. The molecule has 0 amide bonds. The molecule has 4 aromatic rings. The predicted octanol–water partition coefficient (Wildman–Crippen LogP) is 4.05. The van der Waals surface area contributed by atoms with Crippen molar-refractivity contribution in [1.82, 2.24) is 3.97 Å². The maximum Gasteiger partial charge on any atom is 0.268 e. The Hall–Kier alpha value is -2.79. The molecule has 4 rings (SSSR count). The van der Waals surface area contributed by atoms with Gasteiger partial charge in [0.1, 0.15) is 11.3 Å². The van der Waals surface area contributed by atoms with Crippen molar-refractivity contribution in [2.75, 3.05) is 0 Å². The van der Waals surface area contributed by atoms with Crippen molar-refractivity contribution in [1.29, 1.82) is 0 Å². The molecule has 24 heavy (non-hydrogen) atoms. The summed E-state index contributed by atoms with van der Waals surface area (Å²) in [5.41, 5.74) is 1.84. The fourth-order valence-corrected chi connectivity index (χ4v) is 4.57. The summed E-state index contributed by atoms with van der Waals surface area (Å²) in [6.07, 6.45) is 0. The minimum Gasteiger partial charge on any atom is -0.506 e. The molecule has 3 aromatic carbocycles. The van der Waals surface area contributed by atoms with Crippen molar-refractivity contribution in [2.24, 2.45) is 0 Å². The highest BCUT2D eigenvalue weighted by Gasteiger charge is 2.24. The maximum atomic E-state index is 13.2. The van der Waals surface area contributed by atoms with Gasteiger partial charge in [-0.15, -0.1) is 0 Å². The topological polar surface area (TPSA) is 59.3 Å². The van der Waals surface area contributed by atoms with Crippen LogP contribution in [0.1, 0.15) is 5.56 Å². The quantitative estimate of drug-likeness (QED) is 0.600. The van der Waals surface area contributed by atoms with Crippen LogP contribution in [-0.4, -0.2) is 17.5 Å². The molecule has 0 atom stereocenters. The van der Waals surface area contributed by atoms with Gasteiger partial charge in [0, 0.05) is 10.8 Å². The third-order valence-electron chi connectivity index (χ3n) is 4.19. The van der Waals surface area contributed by atoms with E-state index in [0.29, 0.717) is 16.4 Å². The van der Waals surface area contributed by atoms with E-state index in [1.807, 2.05) is 25.1 Å². The molecule has 0 unspecified atom stereocenters. The summed E-state index contributed by atoms with van der Waals surface area (Å²) in [5, 5.41) is 11.8. The smallest absolute Gasteiger partial charge is 0.268 e. The highest BCUT2D eigenvalue weighted by Crippen LogP contribution is 2.36. The van der Waals surface area contributed by atoms with E-state index in [9.17, 15) is 13.5 Å². The Labute approximate surface area is 139 Å². The summed E-state index contributed by atoms with van der Waals surface area (Å²) >= 11 is 0. The van der Waals surface area contributed by atoms with Gasteiger partial charge >= 0.3 is 0 Å². The number of rotatable bonds is 2. The first kappa shape index (κ1) is 14.8. The highest BCUT2D eigenvalue weighted by molar-refractivity contribution is 7.90. The van der Waals surface area contributed by atoms with E-state index in [1.54, 1.807) is 42.5 Å². The number of phenolic OH excluding ortho intramolecular Hbond substituents is 1. The monoisotopic (exact) mass is 337 g/mol. The van der Waals surface area contributed by atoms with E-state index >= 15 is 0 Å². The van der Waals surface area contributed by atoms with Gasteiger partial charge in [-0.25, -0.2) is 12.4 Å². The zero-order valence-corrected chi connectivity index (χ0v) is 13.8. The summed E-state index contributed by atoms with van der Waals surface area (Å²) in [4.78, 5) is 0.194. The first-order valence-electron chi connectivity index (χ1n) is 7.53. The Morgan fingerprint density at radius 1 is 0.833 bits per heavy atom. The molecule has 120 valence electrons. The number of fused-ring (bicyclic) bond motifs is 3. The fraction of sp³-hybridized carbons (Fsp3) is 0.0526. The number of nitrogens with zero attached hydrogens (tertiary/aromatic N) is 1. The molecule has 0 radical (unpaired) electrons. The number of aryl methyl sites for hydroxylation is 1. The average Bonchev–Trinajstić information content (AvgIpc) is 2.92. The van der Waals surface area contributed by atoms with E-state index in [4.69, 9.17) is 0 Å². The Morgan fingerprint density at radius 2 is 1.50 bits per heavy atom. The maximum absolute atomic E-state index is 13.2. The molecule has 0 aliphatic heterocycles. The molecule has 0 bridgehead atoms. The zero-order valence-electron chi connectivity index (χ0n) is 13.0. The standard InChI is InChI=1S/C19H15NO3S/c1-13-9-11-14(12-10-13)24(22,23)20-17-7-3-2-5-15(17)16-6-4-8-18(21)19(16)20/h2-12,21H,1H3. The highest BCUT2D eigenvalue weighted by atomic mass is 32.2. The second-order valence-corrected chi connectivity index (χ2v) is 7.56. The van der Waals surface area contributed by atoms with Crippen LogP contribution < -0.4 is 0 Å². The number of benzene rings is 3. The van der Waals surface area contributed by atoms with Gasteiger partial charge in [0.25, 0.3) is 10.0 Å². The van der Waals surface area contributed by atoms with Crippen molar-refractivity contribution in [2.45, 2.75) is 11.8 Å². The first-order valence-corrected chi connectivity index (χ1v) is 8.97. The number of aromatic hydroxyl groups is 1. The van der Waals surface area contributed by atoms with Gasteiger partial charge in [-0.3, -0.25) is 0 Å². The molecule has 0 spiro atoms. The minimum absolute atomic E-state index is 0.0561. The Kier molecular flexibility index (Phi) is 3.15. The van der Waals surface area contributed by atoms with Crippen molar-refractivity contribution in [3.05, 3.63) is 72.3 Å². The average molecular weight is 337 g/mol. The van der Waals surface area contributed by atoms with E-state index in [1.165, 1.54) is 10.0 Å². The van der Waals surface area contributed by atoms with Crippen molar-refractivity contribution in [3.63, 3.8) is 0 Å². The van der Waals surface area contributed by atoms with E-state index in [2.05, 4.69) is 0 Å². The lowest BCUT2D eigenvalue weighted by Gasteiger charge is -2.10. The summed E-state index contributed by atoms with van der Waals surface area (Å²) in [5.74, 6) is -0.0561. The Bertz CT molecular complexity index is 1170. The lowest BCUT2D eigenvalue weighted by molar-refractivity contribution is 0.479. The van der Waals surface area contributed by atoms with Crippen LogP contribution in [0.5, 0.6) is 5.75 Å². The van der Waals surface area contributed by atoms with Crippen LogP contribution in [0.4, 0.5) is 0 Å². The van der Waals surface area contributed by atoms with E-state index in [-0.39, 0.29) is 10.6 Å². The second-order valence-electron chi connectivity index (χ2n) is 5.77.